The Morgan fingerprint density at radius 2 is 2.00 bits per heavy atom. The predicted molar refractivity (Wildman–Crippen MR) is 46.5 cm³/mol. The average Bonchev–Trinajstić information content (AvgIpc) is 1.99. The Labute approximate surface area is 69.9 Å². The maximum absolute atomic E-state index is 5.18. The molecule has 0 aromatic carbocycles. The van der Waals surface area contributed by atoms with Crippen LogP contribution in [-0.2, 0) is 9.47 Å². The molecule has 11 heavy (non-hydrogen) atoms. The molecule has 0 bridgehead atoms. The molecule has 2 heteroatoms. The molecule has 0 radical (unpaired) electrons. The Bertz CT molecular complexity index is 74.0. The highest BCUT2D eigenvalue weighted by Gasteiger charge is 1.99. The van der Waals surface area contributed by atoms with Crippen LogP contribution in [0.2, 0.25) is 0 Å². The van der Waals surface area contributed by atoms with Crippen molar-refractivity contribution in [2.75, 3.05) is 20.5 Å². The predicted octanol–water partition coefficient (Wildman–Crippen LogP) is 2.43. The van der Waals surface area contributed by atoms with Gasteiger partial charge < -0.3 is 9.47 Å². The summed E-state index contributed by atoms with van der Waals surface area (Å²) < 4.78 is 9.94. The Morgan fingerprint density at radius 1 is 1.27 bits per heavy atom. The average molecular weight is 160 g/mol. The molecule has 0 heterocycles. The highest BCUT2D eigenvalue weighted by atomic mass is 16.7. The summed E-state index contributed by atoms with van der Waals surface area (Å²) in [7, 11) is 1.65. The van der Waals surface area contributed by atoms with Crippen molar-refractivity contribution in [3.63, 3.8) is 0 Å². The minimum atomic E-state index is 0.429. The first-order valence-electron chi connectivity index (χ1n) is 4.38. The Balaban J connectivity index is 2.97. The highest BCUT2D eigenvalue weighted by molar-refractivity contribution is 4.50. The second kappa shape index (κ2) is 8.02. The second-order valence-electron chi connectivity index (χ2n) is 3.00. The van der Waals surface area contributed by atoms with Gasteiger partial charge in [0.15, 0.2) is 0 Å². The van der Waals surface area contributed by atoms with Crippen molar-refractivity contribution in [3.05, 3.63) is 0 Å². The van der Waals surface area contributed by atoms with Gasteiger partial charge in [0.05, 0.1) is 0 Å². The van der Waals surface area contributed by atoms with Gasteiger partial charge in [0, 0.05) is 13.7 Å². The Hall–Kier alpha value is -0.0800. The summed E-state index contributed by atoms with van der Waals surface area (Å²) in [4.78, 5) is 0. The van der Waals surface area contributed by atoms with Crippen LogP contribution in [0.4, 0.5) is 0 Å². The van der Waals surface area contributed by atoms with E-state index in [-0.39, 0.29) is 0 Å². The zero-order valence-corrected chi connectivity index (χ0v) is 7.93. The third kappa shape index (κ3) is 7.82. The molecular weight excluding hydrogens is 140 g/mol. The molecule has 0 saturated heterocycles. The molecule has 68 valence electrons. The fourth-order valence-electron chi connectivity index (χ4n) is 1.06. The lowest BCUT2D eigenvalue weighted by Gasteiger charge is -2.09. The van der Waals surface area contributed by atoms with Crippen molar-refractivity contribution >= 4 is 0 Å². The summed E-state index contributed by atoms with van der Waals surface area (Å²) in [5, 5.41) is 0. The molecule has 1 unspecified atom stereocenters. The van der Waals surface area contributed by atoms with Crippen LogP contribution in [0.3, 0.4) is 0 Å². The maximum atomic E-state index is 5.18. The molecule has 0 N–H and O–H groups in total. The van der Waals surface area contributed by atoms with Gasteiger partial charge in [-0.25, -0.2) is 0 Å². The van der Waals surface area contributed by atoms with Crippen LogP contribution < -0.4 is 0 Å². The lowest BCUT2D eigenvalue weighted by atomic mass is 10.0. The molecule has 1 atom stereocenters. The lowest BCUT2D eigenvalue weighted by molar-refractivity contribution is -0.0341. The molecule has 0 rings (SSSR count). The number of hydrogen-bond donors (Lipinski definition) is 0. The Morgan fingerprint density at radius 3 is 2.55 bits per heavy atom. The summed E-state index contributed by atoms with van der Waals surface area (Å²) in [6.07, 6.45) is 3.72. The van der Waals surface area contributed by atoms with Crippen LogP contribution in [0.5, 0.6) is 0 Å². The molecule has 0 aliphatic rings. The first-order valence-corrected chi connectivity index (χ1v) is 4.38. The fourth-order valence-corrected chi connectivity index (χ4v) is 1.06. The third-order valence-corrected chi connectivity index (χ3v) is 1.74. The van der Waals surface area contributed by atoms with Gasteiger partial charge in [0.2, 0.25) is 0 Å². The largest absolute Gasteiger partial charge is 0.359 e. The van der Waals surface area contributed by atoms with Crippen LogP contribution in [0.15, 0.2) is 0 Å². The molecule has 0 saturated carbocycles. The van der Waals surface area contributed by atoms with Gasteiger partial charge in [-0.05, 0) is 12.3 Å². The molecule has 2 nitrogen and oxygen atoms in total. The minimum Gasteiger partial charge on any atom is -0.359 e. The second-order valence-corrected chi connectivity index (χ2v) is 3.00. The summed E-state index contributed by atoms with van der Waals surface area (Å²) in [5.41, 5.74) is 0. The number of rotatable bonds is 7. The quantitative estimate of drug-likeness (QED) is 0.420. The molecule has 0 spiro atoms. The first-order chi connectivity index (χ1) is 5.31. The van der Waals surface area contributed by atoms with Crippen molar-refractivity contribution < 1.29 is 9.47 Å². The zero-order chi connectivity index (χ0) is 8.53. The minimum absolute atomic E-state index is 0.429. The van der Waals surface area contributed by atoms with Crippen molar-refractivity contribution in [1.82, 2.24) is 0 Å². The van der Waals surface area contributed by atoms with E-state index in [2.05, 4.69) is 13.8 Å². The molecule has 0 aromatic rings. The van der Waals surface area contributed by atoms with E-state index in [1.165, 1.54) is 12.8 Å². The molecule has 0 amide bonds. The summed E-state index contributed by atoms with van der Waals surface area (Å²) in [5.74, 6) is 0.789. The lowest BCUT2D eigenvalue weighted by Crippen LogP contribution is -2.03. The van der Waals surface area contributed by atoms with Crippen molar-refractivity contribution in [1.29, 1.82) is 0 Å². The van der Waals surface area contributed by atoms with Crippen molar-refractivity contribution in [3.8, 4) is 0 Å². The van der Waals surface area contributed by atoms with E-state index in [0.29, 0.717) is 6.79 Å². The molecular formula is C9H20O2. The molecule has 0 aromatic heterocycles. The van der Waals surface area contributed by atoms with Gasteiger partial charge in [0.1, 0.15) is 6.79 Å². The van der Waals surface area contributed by atoms with E-state index in [1.807, 2.05) is 0 Å². The summed E-state index contributed by atoms with van der Waals surface area (Å²) >= 11 is 0. The standard InChI is InChI=1S/C9H20O2/c1-4-5-9(2)6-7-11-8-10-3/h9H,4-8H2,1-3H3. The van der Waals surface area contributed by atoms with Gasteiger partial charge >= 0.3 is 0 Å². The van der Waals surface area contributed by atoms with Crippen molar-refractivity contribution in [2.24, 2.45) is 5.92 Å². The topological polar surface area (TPSA) is 18.5 Å². The molecule has 0 fully saturated rings. The monoisotopic (exact) mass is 160 g/mol. The van der Waals surface area contributed by atoms with E-state index in [1.54, 1.807) is 7.11 Å². The normalized spacial score (nSPS) is 13.4. The highest BCUT2D eigenvalue weighted by Crippen LogP contribution is 2.09. The van der Waals surface area contributed by atoms with Crippen LogP contribution in [0.25, 0.3) is 0 Å². The van der Waals surface area contributed by atoms with E-state index in [4.69, 9.17) is 9.47 Å². The first kappa shape index (κ1) is 10.9. The number of hydrogen-bond acceptors (Lipinski definition) is 2. The maximum Gasteiger partial charge on any atom is 0.146 e. The zero-order valence-electron chi connectivity index (χ0n) is 7.93. The van der Waals surface area contributed by atoms with E-state index >= 15 is 0 Å². The number of methoxy groups -OCH3 is 1. The molecule has 0 aliphatic carbocycles. The van der Waals surface area contributed by atoms with Gasteiger partial charge in [-0.1, -0.05) is 26.7 Å². The van der Waals surface area contributed by atoms with Gasteiger partial charge in [0.25, 0.3) is 0 Å². The Kier molecular flexibility index (Phi) is 7.96. The van der Waals surface area contributed by atoms with Crippen LogP contribution in [-0.4, -0.2) is 20.5 Å². The van der Waals surface area contributed by atoms with E-state index in [9.17, 15) is 0 Å². The summed E-state index contributed by atoms with van der Waals surface area (Å²) in [6, 6.07) is 0. The smallest absolute Gasteiger partial charge is 0.146 e. The fraction of sp³-hybridized carbons (Fsp3) is 1.00. The van der Waals surface area contributed by atoms with E-state index < -0.39 is 0 Å². The molecule has 0 aliphatic heterocycles. The third-order valence-electron chi connectivity index (χ3n) is 1.74. The van der Waals surface area contributed by atoms with E-state index in [0.717, 1.165) is 18.9 Å². The van der Waals surface area contributed by atoms with Crippen LogP contribution in [0.1, 0.15) is 33.1 Å². The number of ether oxygens (including phenoxy) is 2. The SMILES string of the molecule is CCCC(C)CCOCOC. The van der Waals surface area contributed by atoms with Crippen molar-refractivity contribution in [2.45, 2.75) is 33.1 Å². The van der Waals surface area contributed by atoms with Gasteiger partial charge in [-0.3, -0.25) is 0 Å². The van der Waals surface area contributed by atoms with Crippen LogP contribution >= 0.6 is 0 Å². The van der Waals surface area contributed by atoms with Crippen LogP contribution in [0, 0.1) is 5.92 Å². The van der Waals surface area contributed by atoms with Gasteiger partial charge in [-0.2, -0.15) is 0 Å². The van der Waals surface area contributed by atoms with Gasteiger partial charge in [-0.15, -0.1) is 0 Å². The summed E-state index contributed by atoms with van der Waals surface area (Å²) in [6.45, 7) is 5.74.